The van der Waals surface area contributed by atoms with E-state index < -0.39 is 0 Å². The first-order valence-corrected chi connectivity index (χ1v) is 13.2. The van der Waals surface area contributed by atoms with Crippen LogP contribution in [0.4, 0.5) is 0 Å². The molecule has 0 saturated carbocycles. The van der Waals surface area contributed by atoms with Gasteiger partial charge in [-0.15, -0.1) is 0 Å². The maximum Gasteiger partial charge on any atom is 0.277 e. The smallest absolute Gasteiger partial charge is 0.277 e. The summed E-state index contributed by atoms with van der Waals surface area (Å²) in [5.74, 6) is 0. The maximum atomic E-state index is 12.7. The van der Waals surface area contributed by atoms with Crippen LogP contribution in [0.25, 0.3) is 11.3 Å². The van der Waals surface area contributed by atoms with Crippen LogP contribution in [-0.2, 0) is 32.2 Å². The number of benzene rings is 1. The first-order valence-electron chi connectivity index (χ1n) is 13.2. The van der Waals surface area contributed by atoms with Crippen LogP contribution in [0.1, 0.15) is 64.9 Å². The van der Waals surface area contributed by atoms with Gasteiger partial charge in [0.2, 0.25) is 0 Å². The Bertz CT molecular complexity index is 1910. The highest BCUT2D eigenvalue weighted by atomic mass is 16.1. The summed E-state index contributed by atoms with van der Waals surface area (Å²) in [5, 5.41) is 25.2. The van der Waals surface area contributed by atoms with Gasteiger partial charge in [0.1, 0.15) is 23.3 Å². The van der Waals surface area contributed by atoms with Crippen LogP contribution < -0.4 is 11.1 Å². The summed E-state index contributed by atoms with van der Waals surface area (Å²) in [7, 11) is 0. The molecule has 0 unspecified atom stereocenters. The third kappa shape index (κ3) is 4.20. The molecular formula is C29H26N8O2. The average Bonchev–Trinajstić information content (AvgIpc) is 3.61. The van der Waals surface area contributed by atoms with Gasteiger partial charge in [-0.25, -0.2) is 9.50 Å². The number of H-pyrrole nitrogens is 1. The molecule has 0 atom stereocenters. The minimum absolute atomic E-state index is 0.0544. The third-order valence-electron chi connectivity index (χ3n) is 7.57. The van der Waals surface area contributed by atoms with Gasteiger partial charge in [0.25, 0.3) is 11.1 Å². The van der Waals surface area contributed by atoms with E-state index in [0.29, 0.717) is 29.0 Å². The first-order chi connectivity index (χ1) is 19.1. The average molecular weight is 519 g/mol. The molecule has 0 fully saturated rings. The molecule has 10 heteroatoms. The quantitative estimate of drug-likeness (QED) is 0.381. The van der Waals surface area contributed by atoms with Crippen molar-refractivity contribution in [2.24, 2.45) is 0 Å². The molecule has 0 amide bonds. The van der Waals surface area contributed by atoms with E-state index in [1.165, 1.54) is 21.4 Å². The second kappa shape index (κ2) is 10.1. The number of nitriles is 2. The Kier molecular flexibility index (Phi) is 6.29. The summed E-state index contributed by atoms with van der Waals surface area (Å²) in [6.07, 6.45) is 10.5. The van der Waals surface area contributed by atoms with Gasteiger partial charge in [-0.1, -0.05) is 30.3 Å². The monoisotopic (exact) mass is 518 g/mol. The van der Waals surface area contributed by atoms with Crippen LogP contribution in [0.15, 0.2) is 52.3 Å². The number of rotatable bonds is 2. The Morgan fingerprint density at radius 2 is 1.59 bits per heavy atom. The van der Waals surface area contributed by atoms with E-state index in [-0.39, 0.29) is 11.1 Å². The summed E-state index contributed by atoms with van der Waals surface area (Å²) < 4.78 is 4.87. The molecule has 10 nitrogen and oxygen atoms in total. The zero-order valence-corrected chi connectivity index (χ0v) is 21.4. The van der Waals surface area contributed by atoms with Crippen molar-refractivity contribution in [1.29, 1.82) is 10.5 Å². The Hall–Kier alpha value is -4.96. The lowest BCUT2D eigenvalue weighted by Crippen LogP contribution is -2.29. The normalized spacial score (nSPS) is 14.1. The summed E-state index contributed by atoms with van der Waals surface area (Å²) in [4.78, 5) is 29.2. The predicted octanol–water partition coefficient (Wildman–Crippen LogP) is 3.07. The van der Waals surface area contributed by atoms with Crippen LogP contribution in [0.3, 0.4) is 0 Å². The van der Waals surface area contributed by atoms with Gasteiger partial charge < -0.3 is 4.57 Å². The number of hydrogen-bond acceptors (Lipinski definition) is 6. The third-order valence-corrected chi connectivity index (χ3v) is 7.57. The molecule has 194 valence electrons. The zero-order valence-electron chi connectivity index (χ0n) is 21.4. The second-order valence-corrected chi connectivity index (χ2v) is 9.92. The predicted molar refractivity (Wildman–Crippen MR) is 144 cm³/mol. The molecule has 0 radical (unpaired) electrons. The maximum absolute atomic E-state index is 12.7. The second-order valence-electron chi connectivity index (χ2n) is 9.92. The fraction of sp³-hybridized carbons (Fsp3) is 0.310. The summed E-state index contributed by atoms with van der Waals surface area (Å²) in [6, 6.07) is 14.3. The van der Waals surface area contributed by atoms with Gasteiger partial charge in [-0.3, -0.25) is 14.7 Å². The van der Waals surface area contributed by atoms with E-state index in [2.05, 4.69) is 38.0 Å². The van der Waals surface area contributed by atoms with E-state index in [0.717, 1.165) is 79.4 Å². The van der Waals surface area contributed by atoms with Crippen molar-refractivity contribution >= 4 is 11.3 Å². The molecule has 7 rings (SSSR count). The van der Waals surface area contributed by atoms with Gasteiger partial charge in [-0.2, -0.15) is 20.1 Å². The van der Waals surface area contributed by atoms with Crippen molar-refractivity contribution in [3.63, 3.8) is 0 Å². The molecule has 0 saturated heterocycles. The zero-order chi connectivity index (χ0) is 26.9. The molecule has 2 aliphatic rings. The van der Waals surface area contributed by atoms with Crippen LogP contribution in [0, 0.1) is 22.7 Å². The molecule has 4 aromatic heterocycles. The highest BCUT2D eigenvalue weighted by molar-refractivity contribution is 5.57. The molecule has 4 heterocycles. The van der Waals surface area contributed by atoms with E-state index in [4.69, 9.17) is 5.26 Å². The van der Waals surface area contributed by atoms with Crippen molar-refractivity contribution < 1.29 is 0 Å². The largest absolute Gasteiger partial charge is 0.324 e. The lowest BCUT2D eigenvalue weighted by molar-refractivity contribution is 0.598. The number of fused-ring (bicyclic) bond motifs is 4. The lowest BCUT2D eigenvalue weighted by atomic mass is 9.96. The molecule has 1 aromatic carbocycles. The highest BCUT2D eigenvalue weighted by Gasteiger charge is 2.23. The molecule has 1 N–H and O–H groups in total. The number of aryl methyl sites for hydroxylation is 1. The van der Waals surface area contributed by atoms with E-state index in [1.54, 1.807) is 0 Å². The van der Waals surface area contributed by atoms with Crippen LogP contribution in [0.5, 0.6) is 0 Å². The molecule has 5 aromatic rings. The number of hydrogen-bond donors (Lipinski definition) is 1. The van der Waals surface area contributed by atoms with Crippen molar-refractivity contribution in [2.45, 2.75) is 57.9 Å². The van der Waals surface area contributed by atoms with E-state index >= 15 is 0 Å². The minimum atomic E-state index is -0.0690. The number of nitrogens with one attached hydrogen (secondary N) is 1. The van der Waals surface area contributed by atoms with Crippen molar-refractivity contribution in [3.8, 4) is 12.1 Å². The van der Waals surface area contributed by atoms with Crippen LogP contribution in [0.2, 0.25) is 0 Å². The number of aromatic amines is 1. The fourth-order valence-corrected chi connectivity index (χ4v) is 5.67. The topological polar surface area (TPSA) is 137 Å². The van der Waals surface area contributed by atoms with E-state index in [9.17, 15) is 14.9 Å². The van der Waals surface area contributed by atoms with Crippen LogP contribution >= 0.6 is 0 Å². The number of aromatic nitrogens is 6. The molecule has 39 heavy (non-hydrogen) atoms. The van der Waals surface area contributed by atoms with Crippen molar-refractivity contribution in [3.05, 3.63) is 103 Å². The summed E-state index contributed by atoms with van der Waals surface area (Å²) in [6.45, 7) is 0.646. The lowest BCUT2D eigenvalue weighted by Gasteiger charge is -2.22. The van der Waals surface area contributed by atoms with Gasteiger partial charge in [0.05, 0.1) is 11.9 Å². The molecule has 2 aliphatic carbocycles. The Morgan fingerprint density at radius 1 is 0.872 bits per heavy atom. The molecular weight excluding hydrogens is 492 g/mol. The first kappa shape index (κ1) is 24.4. The molecule has 0 spiro atoms. The van der Waals surface area contributed by atoms with Gasteiger partial charge in [0.15, 0.2) is 11.3 Å². The van der Waals surface area contributed by atoms with E-state index in [1.807, 2.05) is 24.3 Å². The SMILES string of the molecule is N#Cc1c[nH]n2c(=O)c3c(nc12)CCCC3.N#Cc1cnn2c(=O)c3c(n(Cc4ccccc4)c12)CCCC3. The van der Waals surface area contributed by atoms with Gasteiger partial charge in [-0.05, 0) is 56.9 Å². The minimum Gasteiger partial charge on any atom is -0.324 e. The Balaban J connectivity index is 0.000000151. The van der Waals surface area contributed by atoms with Crippen molar-refractivity contribution in [1.82, 2.24) is 28.8 Å². The van der Waals surface area contributed by atoms with Gasteiger partial charge in [0, 0.05) is 29.6 Å². The van der Waals surface area contributed by atoms with Crippen LogP contribution in [-0.4, -0.2) is 28.8 Å². The molecule has 0 bridgehead atoms. The Morgan fingerprint density at radius 3 is 2.36 bits per heavy atom. The standard InChI is InChI=1S/C18H16N4O.C11H10N4O/c19-10-14-11-20-22-17(14)21(12-13-6-2-1-3-7-13)16-9-5-4-8-15(16)18(22)23;12-5-7-6-13-15-10(7)14-9-4-2-1-3-8(9)11(15)16/h1-3,6-7,11H,4-5,8-9,12H2;6,13H,1-4H2. The fourth-order valence-electron chi connectivity index (χ4n) is 5.67. The molecule has 0 aliphatic heterocycles. The van der Waals surface area contributed by atoms with Crippen molar-refractivity contribution in [2.75, 3.05) is 0 Å². The van der Waals surface area contributed by atoms with Gasteiger partial charge >= 0.3 is 0 Å². The highest BCUT2D eigenvalue weighted by Crippen LogP contribution is 2.23. The summed E-state index contributed by atoms with van der Waals surface area (Å²) >= 11 is 0. The number of nitrogens with zero attached hydrogens (tertiary/aromatic N) is 7. The summed E-state index contributed by atoms with van der Waals surface area (Å²) in [5.41, 5.74) is 6.55. The Labute approximate surface area is 223 Å².